The molecule has 18 heavy (non-hydrogen) atoms. The van der Waals surface area contributed by atoms with Gasteiger partial charge in [-0.1, -0.05) is 25.3 Å². The molecular weight excluding hydrogens is 232 g/mol. The van der Waals surface area contributed by atoms with Crippen LogP contribution in [-0.4, -0.2) is 23.1 Å². The first-order chi connectivity index (χ1) is 8.12. The van der Waals surface area contributed by atoms with Gasteiger partial charge < -0.3 is 9.47 Å². The minimum Gasteiger partial charge on any atom is -0.446 e. The zero-order valence-corrected chi connectivity index (χ0v) is 11.6. The summed E-state index contributed by atoms with van der Waals surface area (Å²) in [5.41, 5.74) is -1.87. The van der Waals surface area contributed by atoms with Crippen LogP contribution < -0.4 is 0 Å². The monoisotopic (exact) mass is 252 g/mol. The molecule has 0 aromatic rings. The van der Waals surface area contributed by atoms with Gasteiger partial charge in [-0.15, -0.1) is 0 Å². The van der Waals surface area contributed by atoms with Crippen molar-refractivity contribution in [2.24, 2.45) is 0 Å². The number of carbonyl (C=O) groups is 2. The van der Waals surface area contributed by atoms with Crippen molar-refractivity contribution in [3.63, 3.8) is 0 Å². The van der Waals surface area contributed by atoms with Gasteiger partial charge in [0.1, 0.15) is 0 Å². The van der Waals surface area contributed by atoms with Crippen LogP contribution in [0.2, 0.25) is 0 Å². The van der Waals surface area contributed by atoms with E-state index in [0.29, 0.717) is 6.42 Å². The van der Waals surface area contributed by atoms with Crippen LogP contribution in [0.15, 0.2) is 12.7 Å². The van der Waals surface area contributed by atoms with Gasteiger partial charge in [-0.05, 0) is 27.7 Å². The van der Waals surface area contributed by atoms with Crippen LogP contribution in [-0.2, 0) is 19.1 Å². The number of esters is 2. The number of ether oxygens (including phenoxy) is 2. The second kappa shape index (κ2) is 6.25. The fourth-order valence-electron chi connectivity index (χ4n) is 1.00. The van der Waals surface area contributed by atoms with E-state index in [4.69, 9.17) is 9.47 Å². The SMILES string of the molecule is C=CC(=O)OC(C)(C)C#CC(C)(C)OC(=O)CC. The van der Waals surface area contributed by atoms with Gasteiger partial charge in [0, 0.05) is 12.5 Å². The molecular formula is C14H20O4. The summed E-state index contributed by atoms with van der Waals surface area (Å²) in [4.78, 5) is 22.3. The lowest BCUT2D eigenvalue weighted by atomic mass is 10.1. The predicted molar refractivity (Wildman–Crippen MR) is 68.6 cm³/mol. The molecule has 0 aliphatic heterocycles. The number of carbonyl (C=O) groups excluding carboxylic acids is 2. The van der Waals surface area contributed by atoms with Crippen molar-refractivity contribution in [3.8, 4) is 11.8 Å². The average molecular weight is 252 g/mol. The van der Waals surface area contributed by atoms with Crippen molar-refractivity contribution in [1.82, 2.24) is 0 Å². The summed E-state index contributed by atoms with van der Waals surface area (Å²) in [5, 5.41) is 0. The van der Waals surface area contributed by atoms with E-state index in [2.05, 4.69) is 18.4 Å². The Morgan fingerprint density at radius 3 is 1.94 bits per heavy atom. The molecule has 100 valence electrons. The van der Waals surface area contributed by atoms with Gasteiger partial charge in [-0.2, -0.15) is 0 Å². The Morgan fingerprint density at radius 1 is 1.11 bits per heavy atom. The van der Waals surface area contributed by atoms with Crippen LogP contribution in [0, 0.1) is 11.8 Å². The second-order valence-corrected chi connectivity index (χ2v) is 4.72. The average Bonchev–Trinajstić information content (AvgIpc) is 2.25. The minimum absolute atomic E-state index is 0.292. The van der Waals surface area contributed by atoms with E-state index in [9.17, 15) is 9.59 Å². The molecule has 0 atom stereocenters. The molecule has 0 fully saturated rings. The van der Waals surface area contributed by atoms with Gasteiger partial charge in [-0.3, -0.25) is 4.79 Å². The molecule has 0 N–H and O–H groups in total. The summed E-state index contributed by atoms with van der Waals surface area (Å²) in [5.74, 6) is 4.70. The van der Waals surface area contributed by atoms with Crippen molar-refractivity contribution in [1.29, 1.82) is 0 Å². The highest BCUT2D eigenvalue weighted by Gasteiger charge is 2.23. The van der Waals surface area contributed by atoms with Gasteiger partial charge in [0.25, 0.3) is 0 Å². The van der Waals surface area contributed by atoms with Crippen LogP contribution in [0.5, 0.6) is 0 Å². The van der Waals surface area contributed by atoms with Crippen molar-refractivity contribution in [3.05, 3.63) is 12.7 Å². The van der Waals surface area contributed by atoms with Crippen molar-refractivity contribution >= 4 is 11.9 Å². The lowest BCUT2D eigenvalue weighted by Gasteiger charge is -2.21. The maximum atomic E-state index is 11.2. The van der Waals surface area contributed by atoms with Gasteiger partial charge in [0.15, 0.2) is 11.2 Å². The van der Waals surface area contributed by atoms with Crippen LogP contribution in [0.4, 0.5) is 0 Å². The molecule has 0 aromatic heterocycles. The molecule has 0 unspecified atom stereocenters. The molecule has 0 spiro atoms. The van der Waals surface area contributed by atoms with E-state index < -0.39 is 17.2 Å². The Morgan fingerprint density at radius 2 is 1.56 bits per heavy atom. The summed E-state index contributed by atoms with van der Waals surface area (Å²) >= 11 is 0. The molecule has 0 bridgehead atoms. The number of hydrogen-bond donors (Lipinski definition) is 0. The normalized spacial score (nSPS) is 10.9. The molecule has 4 heteroatoms. The van der Waals surface area contributed by atoms with Crippen molar-refractivity contribution < 1.29 is 19.1 Å². The molecule has 0 amide bonds. The predicted octanol–water partition coefficient (Wildman–Crippen LogP) is 2.23. The Bertz CT molecular complexity index is 394. The summed E-state index contributed by atoms with van der Waals surface area (Å²) in [6, 6.07) is 0. The third-order valence-corrected chi connectivity index (χ3v) is 1.84. The van der Waals surface area contributed by atoms with Crippen molar-refractivity contribution in [2.45, 2.75) is 52.2 Å². The molecule has 0 aliphatic carbocycles. The maximum Gasteiger partial charge on any atom is 0.331 e. The third-order valence-electron chi connectivity index (χ3n) is 1.84. The van der Waals surface area contributed by atoms with E-state index in [-0.39, 0.29) is 5.97 Å². The number of hydrogen-bond acceptors (Lipinski definition) is 4. The van der Waals surface area contributed by atoms with E-state index in [1.165, 1.54) is 0 Å². The summed E-state index contributed by atoms with van der Waals surface area (Å²) < 4.78 is 10.2. The fraction of sp³-hybridized carbons (Fsp3) is 0.571. The van der Waals surface area contributed by atoms with Gasteiger partial charge in [0.05, 0.1) is 0 Å². The molecule has 0 saturated heterocycles. The quantitative estimate of drug-likeness (QED) is 0.437. The fourth-order valence-corrected chi connectivity index (χ4v) is 1.00. The molecule has 0 radical (unpaired) electrons. The molecule has 0 aromatic carbocycles. The van der Waals surface area contributed by atoms with Crippen LogP contribution in [0.3, 0.4) is 0 Å². The first-order valence-electron chi connectivity index (χ1n) is 5.73. The Kier molecular flexibility index (Phi) is 5.64. The molecule has 0 saturated carbocycles. The van der Waals surface area contributed by atoms with E-state index in [1.54, 1.807) is 34.6 Å². The van der Waals surface area contributed by atoms with Crippen LogP contribution >= 0.6 is 0 Å². The largest absolute Gasteiger partial charge is 0.446 e. The topological polar surface area (TPSA) is 52.6 Å². The zero-order valence-electron chi connectivity index (χ0n) is 11.6. The first-order valence-corrected chi connectivity index (χ1v) is 5.73. The standard InChI is InChI=1S/C14H20O4/c1-7-11(15)17-13(3,4)9-10-14(5,6)18-12(16)8-2/h7H,1,8H2,2-6H3. The highest BCUT2D eigenvalue weighted by Crippen LogP contribution is 2.12. The third kappa shape index (κ3) is 6.74. The number of rotatable bonds is 4. The van der Waals surface area contributed by atoms with Gasteiger partial charge in [0.2, 0.25) is 0 Å². The summed E-state index contributed by atoms with van der Waals surface area (Å²) in [6.07, 6.45) is 1.37. The van der Waals surface area contributed by atoms with E-state index in [0.717, 1.165) is 6.08 Å². The zero-order chi connectivity index (χ0) is 14.4. The van der Waals surface area contributed by atoms with Gasteiger partial charge in [-0.25, -0.2) is 4.79 Å². The molecule has 0 rings (SSSR count). The maximum absolute atomic E-state index is 11.2. The molecule has 4 nitrogen and oxygen atoms in total. The highest BCUT2D eigenvalue weighted by atomic mass is 16.6. The Labute approximate surface area is 108 Å². The van der Waals surface area contributed by atoms with E-state index >= 15 is 0 Å². The van der Waals surface area contributed by atoms with Crippen molar-refractivity contribution in [2.75, 3.05) is 0 Å². The first kappa shape index (κ1) is 16.2. The van der Waals surface area contributed by atoms with Crippen LogP contribution in [0.1, 0.15) is 41.0 Å². The summed E-state index contributed by atoms with van der Waals surface area (Å²) in [7, 11) is 0. The highest BCUT2D eigenvalue weighted by molar-refractivity contribution is 5.81. The van der Waals surface area contributed by atoms with Gasteiger partial charge >= 0.3 is 11.9 Å². The lowest BCUT2D eigenvalue weighted by Crippen LogP contribution is -2.29. The second-order valence-electron chi connectivity index (χ2n) is 4.72. The summed E-state index contributed by atoms with van der Waals surface area (Å²) in [6.45, 7) is 11.7. The smallest absolute Gasteiger partial charge is 0.331 e. The molecule has 0 heterocycles. The van der Waals surface area contributed by atoms with E-state index in [1.807, 2.05) is 0 Å². The Balaban J connectivity index is 4.76. The van der Waals surface area contributed by atoms with Crippen LogP contribution in [0.25, 0.3) is 0 Å². The Hall–Kier alpha value is -1.76. The lowest BCUT2D eigenvalue weighted by molar-refractivity contribution is -0.151. The minimum atomic E-state index is -0.957. The molecule has 0 aliphatic rings.